The van der Waals surface area contributed by atoms with Gasteiger partial charge in [0.25, 0.3) is 5.91 Å². The summed E-state index contributed by atoms with van der Waals surface area (Å²) in [5.74, 6) is -1.72. The number of benzene rings is 2. The second-order valence-corrected chi connectivity index (χ2v) is 14.7. The molecular formula is C37H43N7O5S. The van der Waals surface area contributed by atoms with Crippen molar-refractivity contribution in [3.63, 3.8) is 0 Å². The Bertz CT molecular complexity index is 1960. The second kappa shape index (κ2) is 14.6. The number of carbonyl (C=O) groups excluding carboxylic acids is 1. The maximum absolute atomic E-state index is 13.6. The Morgan fingerprint density at radius 3 is 2.70 bits per heavy atom. The van der Waals surface area contributed by atoms with Gasteiger partial charge in [0, 0.05) is 47.7 Å². The van der Waals surface area contributed by atoms with E-state index in [1.54, 1.807) is 6.20 Å². The number of aromatic carboxylic acids is 1. The van der Waals surface area contributed by atoms with Gasteiger partial charge in [-0.1, -0.05) is 37.8 Å². The van der Waals surface area contributed by atoms with Crippen LogP contribution in [0.1, 0.15) is 76.5 Å². The molecule has 4 aliphatic rings. The third-order valence-electron chi connectivity index (χ3n) is 10.5. The van der Waals surface area contributed by atoms with Crippen LogP contribution in [0.5, 0.6) is 0 Å². The van der Waals surface area contributed by atoms with Gasteiger partial charge in [-0.2, -0.15) is 5.10 Å². The molecular weight excluding hydrogens is 655 g/mol. The van der Waals surface area contributed by atoms with E-state index in [1.807, 2.05) is 42.6 Å². The molecule has 262 valence electrons. The van der Waals surface area contributed by atoms with Gasteiger partial charge in [0.2, 0.25) is 0 Å². The number of H-pyrrole nitrogens is 2. The summed E-state index contributed by atoms with van der Waals surface area (Å²) in [5.41, 5.74) is 4.11. The summed E-state index contributed by atoms with van der Waals surface area (Å²) in [6.07, 6.45) is 14.1. The number of hydrogen-bond acceptors (Lipinski definition) is 9. The zero-order chi connectivity index (χ0) is 34.0. The Labute approximate surface area is 293 Å². The number of thiazole rings is 1. The Kier molecular flexibility index (Phi) is 9.65. The van der Waals surface area contributed by atoms with Gasteiger partial charge in [-0.15, -0.1) is 11.3 Å². The summed E-state index contributed by atoms with van der Waals surface area (Å²) in [7, 11) is 0. The Morgan fingerprint density at radius 2 is 1.82 bits per heavy atom. The zero-order valence-corrected chi connectivity index (χ0v) is 28.8. The molecule has 2 aliphatic carbocycles. The van der Waals surface area contributed by atoms with E-state index in [-0.39, 0.29) is 16.7 Å². The molecule has 2 saturated heterocycles. The number of aromatic amines is 2. The lowest BCUT2D eigenvalue weighted by atomic mass is 9.90. The van der Waals surface area contributed by atoms with Crippen LogP contribution in [-0.2, 0) is 16.0 Å². The van der Waals surface area contributed by atoms with Crippen molar-refractivity contribution in [2.45, 2.75) is 82.2 Å². The van der Waals surface area contributed by atoms with Crippen LogP contribution in [0.4, 0.5) is 5.69 Å². The second-order valence-electron chi connectivity index (χ2n) is 13.6. The molecule has 2 aromatic carbocycles. The van der Waals surface area contributed by atoms with Gasteiger partial charge in [-0.05, 0) is 61.1 Å². The molecule has 4 atom stereocenters. The fourth-order valence-corrected chi connectivity index (χ4v) is 9.02. The fraction of sp³-hybridized carbons (Fsp3) is 0.459. The Morgan fingerprint density at radius 1 is 0.980 bits per heavy atom. The highest BCUT2D eigenvalue weighted by Crippen LogP contribution is 2.35. The topological polar surface area (TPSA) is 157 Å². The van der Waals surface area contributed by atoms with E-state index in [4.69, 9.17) is 9.47 Å². The maximum Gasteiger partial charge on any atom is 0.348 e. The minimum absolute atomic E-state index is 0.0577. The lowest BCUT2D eigenvalue weighted by Gasteiger charge is -2.43. The van der Waals surface area contributed by atoms with E-state index < -0.39 is 11.9 Å². The number of hydrogen-bond donors (Lipinski definition) is 5. The molecule has 4 fully saturated rings. The average Bonchev–Trinajstić information content (AvgIpc) is 3.92. The number of amides is 1. The molecule has 12 nitrogen and oxygen atoms in total. The molecule has 1 amide bonds. The summed E-state index contributed by atoms with van der Waals surface area (Å²) in [5, 5.41) is 25.9. The molecule has 5 N–H and O–H groups in total. The Hall–Kier alpha value is -4.14. The standard InChI is InChI=1S/C29H28N6O4S.C8H15NO/c36-28(26-27(29(37)38)40-25(33-26)15-35-10-11-39-24-7-2-1-6-23(24)35)32-21-12-16(13-22-19(21)14-31-34-22)17-4-3-5-20-18(17)8-9-30-20;1-2-4-8-7(3-1)9-5-6-10-8/h3-5,8-9,12-14,23-24,30H,1-2,6-7,10-11,15H2,(H,31,34)(H,32,36)(H,37,38);7-9H,1-6H2. The summed E-state index contributed by atoms with van der Waals surface area (Å²) in [6.45, 7) is 3.90. The molecule has 0 radical (unpaired) electrons. The van der Waals surface area contributed by atoms with Crippen LogP contribution in [0.3, 0.4) is 0 Å². The van der Waals surface area contributed by atoms with Crippen LogP contribution >= 0.6 is 11.3 Å². The molecule has 0 spiro atoms. The molecule has 9 rings (SSSR count). The number of nitrogens with zero attached hydrogens (tertiary/aromatic N) is 3. The van der Waals surface area contributed by atoms with E-state index in [0.717, 1.165) is 83.2 Å². The number of rotatable bonds is 6. The molecule has 4 unspecified atom stereocenters. The van der Waals surface area contributed by atoms with Crippen molar-refractivity contribution in [1.82, 2.24) is 30.4 Å². The van der Waals surface area contributed by atoms with Crippen LogP contribution in [0.15, 0.2) is 48.8 Å². The first-order valence-electron chi connectivity index (χ1n) is 17.8. The minimum Gasteiger partial charge on any atom is -0.477 e. The Balaban J connectivity index is 0.000000309. The highest BCUT2D eigenvalue weighted by atomic mass is 32.1. The quantitative estimate of drug-likeness (QED) is 0.140. The van der Waals surface area contributed by atoms with E-state index in [2.05, 4.69) is 35.7 Å². The molecule has 2 aliphatic heterocycles. The van der Waals surface area contributed by atoms with Crippen LogP contribution in [0.25, 0.3) is 32.9 Å². The number of carboxylic acids is 1. The highest BCUT2D eigenvalue weighted by Gasteiger charge is 2.35. The average molecular weight is 698 g/mol. The number of ether oxygens (including phenoxy) is 2. The summed E-state index contributed by atoms with van der Waals surface area (Å²) >= 11 is 1.07. The molecule has 5 heterocycles. The van der Waals surface area contributed by atoms with Gasteiger partial charge in [0.15, 0.2) is 5.69 Å². The van der Waals surface area contributed by atoms with Crippen LogP contribution in [0.2, 0.25) is 0 Å². The first-order chi connectivity index (χ1) is 24.5. The number of anilines is 1. The van der Waals surface area contributed by atoms with Crippen molar-refractivity contribution in [1.29, 1.82) is 0 Å². The van der Waals surface area contributed by atoms with E-state index in [0.29, 0.717) is 42.0 Å². The molecule has 2 saturated carbocycles. The normalized spacial score (nSPS) is 23.8. The predicted molar refractivity (Wildman–Crippen MR) is 193 cm³/mol. The zero-order valence-electron chi connectivity index (χ0n) is 28.0. The number of morpholine rings is 2. The summed E-state index contributed by atoms with van der Waals surface area (Å²) in [4.78, 5) is 35.8. The van der Waals surface area contributed by atoms with E-state index >= 15 is 0 Å². The number of aromatic nitrogens is 4. The van der Waals surface area contributed by atoms with Gasteiger partial charge in [0.1, 0.15) is 9.88 Å². The van der Waals surface area contributed by atoms with Crippen LogP contribution in [0, 0.1) is 0 Å². The SMILES string of the molecule is C1CCC2OCCNC2C1.O=C(Nc1cc(-c2cccc3[nH]ccc23)cc2[nH]ncc12)c1nc(CN2CCOC3CCCCC32)sc1C(=O)O. The van der Waals surface area contributed by atoms with Gasteiger partial charge >= 0.3 is 5.97 Å². The smallest absolute Gasteiger partial charge is 0.348 e. The summed E-state index contributed by atoms with van der Waals surface area (Å²) in [6, 6.07) is 12.9. The largest absolute Gasteiger partial charge is 0.477 e. The first kappa shape index (κ1) is 33.0. The predicted octanol–water partition coefficient (Wildman–Crippen LogP) is 6.18. The molecule has 0 bridgehead atoms. The van der Waals surface area contributed by atoms with Crippen molar-refractivity contribution in [2.24, 2.45) is 0 Å². The molecule has 5 aromatic rings. The van der Waals surface area contributed by atoms with E-state index in [9.17, 15) is 14.7 Å². The minimum atomic E-state index is -1.16. The highest BCUT2D eigenvalue weighted by molar-refractivity contribution is 7.13. The third kappa shape index (κ3) is 6.80. The van der Waals surface area contributed by atoms with Gasteiger partial charge in [0.05, 0.1) is 49.4 Å². The first-order valence-corrected chi connectivity index (χ1v) is 18.6. The van der Waals surface area contributed by atoms with E-state index in [1.165, 1.54) is 32.1 Å². The number of fused-ring (bicyclic) bond motifs is 4. The maximum atomic E-state index is 13.6. The number of nitrogens with one attached hydrogen (secondary N) is 4. The van der Waals surface area contributed by atoms with Crippen molar-refractivity contribution in [2.75, 3.05) is 31.6 Å². The number of carbonyl (C=O) groups is 2. The van der Waals surface area contributed by atoms with Gasteiger partial charge in [-0.3, -0.25) is 14.8 Å². The fourth-order valence-electron chi connectivity index (χ4n) is 8.09. The summed E-state index contributed by atoms with van der Waals surface area (Å²) < 4.78 is 11.6. The van der Waals surface area contributed by atoms with Crippen molar-refractivity contribution in [3.05, 3.63) is 64.4 Å². The van der Waals surface area contributed by atoms with Gasteiger partial charge in [-0.25, -0.2) is 9.78 Å². The van der Waals surface area contributed by atoms with Crippen LogP contribution in [-0.4, -0.2) is 92.6 Å². The number of carboxylic acid groups (broad SMARTS) is 1. The molecule has 50 heavy (non-hydrogen) atoms. The van der Waals surface area contributed by atoms with Crippen molar-refractivity contribution < 1.29 is 24.2 Å². The molecule has 13 heteroatoms. The molecule has 3 aromatic heterocycles. The third-order valence-corrected chi connectivity index (χ3v) is 11.6. The lowest BCUT2D eigenvalue weighted by molar-refractivity contribution is -0.0911. The van der Waals surface area contributed by atoms with Gasteiger partial charge < -0.3 is 30.2 Å². The van der Waals surface area contributed by atoms with Crippen molar-refractivity contribution in [3.8, 4) is 11.1 Å². The lowest BCUT2D eigenvalue weighted by Crippen LogP contribution is -2.52. The monoisotopic (exact) mass is 697 g/mol. The van der Waals surface area contributed by atoms with Crippen LogP contribution < -0.4 is 10.6 Å². The van der Waals surface area contributed by atoms with Crippen molar-refractivity contribution >= 4 is 50.7 Å².